The molecule has 10 heterocycles. The summed E-state index contributed by atoms with van der Waals surface area (Å²) in [4.78, 5) is 94.9. The van der Waals surface area contributed by atoms with E-state index in [0.717, 1.165) is 70.0 Å². The van der Waals surface area contributed by atoms with Crippen molar-refractivity contribution in [2.45, 2.75) is 65.5 Å². The Labute approximate surface area is 718 Å². The normalized spacial score (nSPS) is 14.5. The van der Waals surface area contributed by atoms with E-state index in [1.807, 2.05) is 91.2 Å². The Bertz CT molecular complexity index is 6250. The van der Waals surface area contributed by atoms with Crippen LogP contribution in [0.2, 0.25) is 5.02 Å². The molecule has 0 saturated heterocycles. The minimum Gasteiger partial charge on any atom is -0.491 e. The number of β-amino-alcohol motifs (C(OH)–C–C–N with tert-alkyl or cyclic N) is 1. The Hall–Kier alpha value is -14.9. The summed E-state index contributed by atoms with van der Waals surface area (Å²) in [5.74, 6) is -3.33. The number of furan rings is 2. The molecule has 32 nitrogen and oxygen atoms in total. The van der Waals surface area contributed by atoms with E-state index < -0.39 is 75.7 Å². The third-order valence-electron chi connectivity index (χ3n) is 18.5. The van der Waals surface area contributed by atoms with Gasteiger partial charge in [0.25, 0.3) is 17.7 Å². The first-order valence-corrected chi connectivity index (χ1v) is 38.7. The molecule has 7 aromatic heterocycles. The number of nitrogens with zero attached hydrogens (tertiary/aromatic N) is 9. The largest absolute Gasteiger partial charge is 0.491 e. The average molecular weight is 1750 g/mol. The number of nitrogens with one attached hydrogen (secondary N) is 2. The summed E-state index contributed by atoms with van der Waals surface area (Å²) < 4.78 is 97.8. The molecule has 3 amide bonds. The van der Waals surface area contributed by atoms with E-state index in [9.17, 15) is 62.2 Å². The van der Waals surface area contributed by atoms with Crippen LogP contribution < -0.4 is 35.5 Å². The number of aliphatic imine (C=N–C) groups is 1. The number of nitriles is 1. The van der Waals surface area contributed by atoms with Crippen LogP contribution in [-0.4, -0.2) is 150 Å². The Kier molecular flexibility index (Phi) is 29.6. The minimum absolute atomic E-state index is 0.0639. The van der Waals surface area contributed by atoms with Gasteiger partial charge in [0.15, 0.2) is 40.0 Å². The standard InChI is InChI=1S/C23H15F3N2O6.C21H17ClN2O4.C18H23NO6.C15H12N4O2S.C11H11N3O2/c1-12(29)32-17-9-8-16-19(31)18(14-10-27-28(11-14)15-6-4-3-5-7-15)22(23(24,25)26)34-20(16)21(17)33-13(2)30;1-12-3-4-14(9-18(12)22)19-6-5-15(28-19)10-16-13(2)17(11-23)21(27)24(7-8-25)20(16)26;1-18(2,21)13(20)9-25-12-6-5-10-14(16(12)23-4)19-17-11(7-8-24-17)15(10)22-3;20-15(19-16-7-1-4-11-5-2-8-21-11)13-10-12(17-18-13)14-6-3-9-22-14;1-16-11(15)9-10(12)13-7-14(9)8-5-3-2-4-6-8/h3-11H,1-2H3;3-6,9-10,25H,7-8H2,1-2H3;5-8,11,13,15,20-21H,9H2,1-4H3;1-10H,(H,17,18)(H,19,20);2-7H,12H2,1H3/b;16-10-;;4-1+,16-7-;. The maximum absolute atomic E-state index is 14.0. The predicted molar refractivity (Wildman–Crippen MR) is 453 cm³/mol. The number of aryl methyl sites for hydroxylation is 1. The summed E-state index contributed by atoms with van der Waals surface area (Å²) in [5.41, 5.74) is 10.4. The van der Waals surface area contributed by atoms with Gasteiger partial charge in [-0.15, -0.1) is 11.3 Å². The van der Waals surface area contributed by atoms with E-state index in [4.69, 9.17) is 64.1 Å². The lowest BCUT2D eigenvalue weighted by Gasteiger charge is -2.28. The molecule has 0 spiro atoms. The summed E-state index contributed by atoms with van der Waals surface area (Å²) in [6, 6.07) is 43.8. The van der Waals surface area contributed by atoms with Gasteiger partial charge in [-0.05, 0) is 153 Å². The number of halogens is 4. The van der Waals surface area contributed by atoms with Gasteiger partial charge in [-0.2, -0.15) is 33.7 Å². The average Bonchev–Trinajstić information content (AvgIpc) is 1.71. The number of hydrazone groups is 1. The molecule has 3 unspecified atom stereocenters. The number of anilines is 1. The fourth-order valence-electron chi connectivity index (χ4n) is 12.3. The number of imidazole rings is 1. The molecular formula is C88H78ClF3N12O20S. The third kappa shape index (κ3) is 21.7. The number of alkyl halides is 3. The van der Waals surface area contributed by atoms with Crippen molar-refractivity contribution >= 4 is 105 Å². The Balaban J connectivity index is 0.000000155. The number of aromatic amines is 1. The highest BCUT2D eigenvalue weighted by atomic mass is 35.5. The quantitative estimate of drug-likeness (QED) is 0.00971. The van der Waals surface area contributed by atoms with Gasteiger partial charge in [-0.3, -0.25) is 43.3 Å². The fourth-order valence-corrected chi connectivity index (χ4v) is 13.1. The first-order valence-electron chi connectivity index (χ1n) is 37.5. The summed E-state index contributed by atoms with van der Waals surface area (Å²) in [7, 11) is 4.47. The summed E-state index contributed by atoms with van der Waals surface area (Å²) in [6.45, 7) is 7.87. The molecule has 3 aliphatic rings. The van der Waals surface area contributed by atoms with E-state index in [2.05, 4.69) is 40.5 Å². The van der Waals surface area contributed by atoms with Crippen molar-refractivity contribution in [2.24, 2.45) is 16.0 Å². The van der Waals surface area contributed by atoms with Crippen LogP contribution in [0.15, 0.2) is 239 Å². The highest BCUT2D eigenvalue weighted by molar-refractivity contribution is 7.13. The molecule has 0 radical (unpaired) electrons. The highest BCUT2D eigenvalue weighted by Gasteiger charge is 2.42. The number of thiophene rings is 1. The van der Waals surface area contributed by atoms with E-state index >= 15 is 0 Å². The molecule has 3 aliphatic heterocycles. The fraction of sp³-hybridized carbons (Fsp3) is 0.193. The van der Waals surface area contributed by atoms with Crippen LogP contribution in [0.5, 0.6) is 23.0 Å². The number of esters is 3. The first kappa shape index (κ1) is 90.9. The number of aromatic nitrogens is 6. The van der Waals surface area contributed by atoms with Gasteiger partial charge in [0.2, 0.25) is 22.8 Å². The maximum Gasteiger partial charge on any atom is 0.450 e. The van der Waals surface area contributed by atoms with E-state index in [0.29, 0.717) is 51.1 Å². The summed E-state index contributed by atoms with van der Waals surface area (Å²) in [6.07, 6.45) is 8.96. The molecule has 125 heavy (non-hydrogen) atoms. The van der Waals surface area contributed by atoms with Gasteiger partial charge in [0.05, 0.1) is 90.9 Å². The van der Waals surface area contributed by atoms with Crippen LogP contribution in [0.3, 0.4) is 0 Å². The zero-order valence-corrected chi connectivity index (χ0v) is 69.4. The third-order valence-corrected chi connectivity index (χ3v) is 19.8. The molecule has 15 rings (SSSR count). The van der Waals surface area contributed by atoms with Crippen LogP contribution in [-0.2, 0) is 39.6 Å². The van der Waals surface area contributed by atoms with Crippen molar-refractivity contribution in [3.05, 3.63) is 266 Å². The van der Waals surface area contributed by atoms with Crippen molar-refractivity contribution in [1.82, 2.24) is 39.9 Å². The number of aliphatic hydroxyl groups excluding tert-OH is 2. The number of hydrogen-bond acceptors (Lipinski definition) is 28. The SMILES string of the molecule is CC(=O)Oc1ccc2c(=O)c(-c3cnn(-c4ccccc4)c3)c(C(F)(F)F)oc2c1OC(C)=O.CC1=C(C#N)C(=O)N(CCO)C(=O)/C1=C\c1ccc(-c2ccc(C)c(Cl)c2)o1.COC(=O)c1c(N)ncn1-c1ccccc1.COc1c(OCC(O)C(C)(C)O)ccc2c1N=C1OC=CC1C2OC.O=C(N/N=C\C=C\c1ccco1)c1cc(-c2cccs2)[nH]n1. The zero-order valence-electron chi connectivity index (χ0n) is 67.9. The molecule has 5 aromatic carbocycles. The lowest BCUT2D eigenvalue weighted by Crippen LogP contribution is -2.44. The Morgan fingerprint density at radius 2 is 1.58 bits per heavy atom. The van der Waals surface area contributed by atoms with Gasteiger partial charge in [0, 0.05) is 66.3 Å². The number of H-pyrrole nitrogens is 1. The Morgan fingerprint density at radius 1 is 0.856 bits per heavy atom. The number of carbonyl (C=O) groups is 6. The number of nitrogen functional groups attached to an aromatic ring is 1. The number of para-hydroxylation sites is 2. The molecule has 644 valence electrons. The maximum atomic E-state index is 14.0. The molecule has 7 N–H and O–H groups in total. The van der Waals surface area contributed by atoms with Gasteiger partial charge < -0.3 is 67.5 Å². The molecule has 0 bridgehead atoms. The topological polar surface area (TPSA) is 438 Å². The molecule has 0 fully saturated rings. The second-order valence-electron chi connectivity index (χ2n) is 27.4. The minimum atomic E-state index is -5.09. The van der Waals surface area contributed by atoms with E-state index in [1.54, 1.807) is 121 Å². The molecular weight excluding hydrogens is 1670 g/mol. The number of amides is 3. The number of aliphatic hydroxyl groups is 3. The van der Waals surface area contributed by atoms with Crippen molar-refractivity contribution in [3.8, 4) is 73.5 Å². The lowest BCUT2D eigenvalue weighted by atomic mass is 9.91. The first-order chi connectivity index (χ1) is 59.8. The number of carbonyl (C=O) groups excluding carboxylic acids is 6. The number of methoxy groups -OCH3 is 3. The molecule has 0 saturated carbocycles. The number of nitrogens with two attached hydrogens (primary N) is 1. The number of allylic oxidation sites excluding steroid dienone is 1. The number of ether oxygens (including phenoxy) is 7. The van der Waals surface area contributed by atoms with E-state index in [1.165, 1.54) is 57.6 Å². The second kappa shape index (κ2) is 40.7. The number of hydrogen-bond donors (Lipinski definition) is 6. The van der Waals surface area contributed by atoms with Gasteiger partial charge in [0.1, 0.15) is 53.6 Å². The van der Waals surface area contributed by atoms with E-state index in [-0.39, 0.29) is 88.3 Å². The number of rotatable bonds is 21. The molecule has 37 heteroatoms. The van der Waals surface area contributed by atoms with Crippen LogP contribution >= 0.6 is 22.9 Å². The summed E-state index contributed by atoms with van der Waals surface area (Å²) >= 11 is 7.74. The molecule has 0 aliphatic carbocycles. The molecule has 3 atom stereocenters. The van der Waals surface area contributed by atoms with Crippen molar-refractivity contribution in [2.75, 3.05) is 46.8 Å². The zero-order chi connectivity index (χ0) is 90.0. The second-order valence-corrected chi connectivity index (χ2v) is 28.8. The van der Waals surface area contributed by atoms with Gasteiger partial charge in [-0.25, -0.2) is 24.9 Å². The number of imide groups is 1. The lowest BCUT2D eigenvalue weighted by molar-refractivity contribution is -0.152. The van der Waals surface area contributed by atoms with Crippen molar-refractivity contribution in [3.63, 3.8) is 0 Å². The number of fused-ring (bicyclic) bond motifs is 3. The van der Waals surface area contributed by atoms with Crippen LogP contribution in [0.1, 0.15) is 90.1 Å². The van der Waals surface area contributed by atoms with Gasteiger partial charge in [-0.1, -0.05) is 72.3 Å². The van der Waals surface area contributed by atoms with Crippen LogP contribution in [0, 0.1) is 24.2 Å². The van der Waals surface area contributed by atoms with Crippen molar-refractivity contribution < 1.29 is 104 Å². The molecule has 12 aromatic rings. The monoisotopic (exact) mass is 1750 g/mol. The van der Waals surface area contributed by atoms with Crippen LogP contribution in [0.4, 0.5) is 24.7 Å². The Morgan fingerprint density at radius 3 is 2.22 bits per heavy atom. The smallest absolute Gasteiger partial charge is 0.450 e. The highest BCUT2D eigenvalue weighted by Crippen LogP contribution is 2.50. The number of benzene rings is 5. The van der Waals surface area contributed by atoms with Crippen molar-refractivity contribution in [1.29, 1.82) is 5.26 Å². The predicted octanol–water partition coefficient (Wildman–Crippen LogP) is 14.5. The van der Waals surface area contributed by atoms with Gasteiger partial charge >= 0.3 is 24.1 Å². The summed E-state index contributed by atoms with van der Waals surface area (Å²) in [5, 5.41) is 55.2. The van der Waals surface area contributed by atoms with Crippen LogP contribution in [0.25, 0.3) is 67.5 Å².